The van der Waals surface area contributed by atoms with Crippen molar-refractivity contribution in [1.82, 2.24) is 0 Å². The molecule has 2 aromatic carbocycles. The van der Waals surface area contributed by atoms with E-state index in [9.17, 15) is 35.2 Å². The zero-order valence-electron chi connectivity index (χ0n) is 16.9. The van der Waals surface area contributed by atoms with Crippen molar-refractivity contribution in [1.29, 1.82) is 0 Å². The summed E-state index contributed by atoms with van der Waals surface area (Å²) in [5, 5.41) is 0. The van der Waals surface area contributed by atoms with Crippen LogP contribution in [0.2, 0.25) is 0 Å². The minimum absolute atomic E-state index is 0.146. The van der Waals surface area contributed by atoms with Crippen molar-refractivity contribution in [3.63, 3.8) is 0 Å². The van der Waals surface area contributed by atoms with E-state index in [-0.39, 0.29) is 5.56 Å². The first-order valence-electron chi connectivity index (χ1n) is 9.18. The van der Waals surface area contributed by atoms with Gasteiger partial charge >= 0.3 is 18.1 Å². The van der Waals surface area contributed by atoms with E-state index in [1.54, 1.807) is 0 Å². The molecule has 0 radical (unpaired) electrons. The molecule has 11 heteroatoms. The molecule has 174 valence electrons. The molecule has 0 saturated heterocycles. The summed E-state index contributed by atoms with van der Waals surface area (Å²) in [6, 6.07) is 12.7. The minimum atomic E-state index is -6.19. The third kappa shape index (κ3) is 5.26. The van der Waals surface area contributed by atoms with Crippen molar-refractivity contribution >= 4 is 15.8 Å². The Kier molecular flexibility index (Phi) is 7.66. The molecule has 0 amide bonds. The van der Waals surface area contributed by atoms with Gasteiger partial charge in [0.05, 0.1) is 11.5 Å². The van der Waals surface area contributed by atoms with E-state index in [1.807, 2.05) is 0 Å². The lowest BCUT2D eigenvalue weighted by atomic mass is 10.1. The maximum Gasteiger partial charge on any atom is 0.461 e. The fraction of sp³-hybridized carbons (Fsp3) is 0.286. The van der Waals surface area contributed by atoms with Crippen LogP contribution in [-0.4, -0.2) is 33.1 Å². The van der Waals surface area contributed by atoms with Gasteiger partial charge in [-0.15, -0.1) is 0 Å². The molecular formula is C21H19F5O5S. The van der Waals surface area contributed by atoms with E-state index in [1.165, 1.54) is 48.5 Å². The van der Waals surface area contributed by atoms with Crippen LogP contribution in [0.25, 0.3) is 0 Å². The molecule has 0 aliphatic carbocycles. The number of halogens is 5. The normalized spacial score (nSPS) is 14.3. The zero-order chi connectivity index (χ0) is 24.2. The van der Waals surface area contributed by atoms with Crippen LogP contribution in [0.1, 0.15) is 25.5 Å². The first-order chi connectivity index (χ1) is 14.8. The van der Waals surface area contributed by atoms with Crippen LogP contribution in [0.3, 0.4) is 0 Å². The molecular weight excluding hydrogens is 459 g/mol. The van der Waals surface area contributed by atoms with Gasteiger partial charge in [0.25, 0.3) is 0 Å². The lowest BCUT2D eigenvalue weighted by molar-refractivity contribution is -0.277. The highest BCUT2D eigenvalue weighted by atomic mass is 32.2. The van der Waals surface area contributed by atoms with Gasteiger partial charge in [0.2, 0.25) is 9.84 Å². The summed E-state index contributed by atoms with van der Waals surface area (Å²) in [6.45, 7) is 1.27. The summed E-state index contributed by atoms with van der Waals surface area (Å²) >= 11 is 0. The Balaban J connectivity index is 3.02. The molecule has 32 heavy (non-hydrogen) atoms. The highest BCUT2D eigenvalue weighted by molar-refractivity contribution is 7.95. The molecule has 0 aliphatic rings. The van der Waals surface area contributed by atoms with E-state index in [4.69, 9.17) is 4.74 Å². The van der Waals surface area contributed by atoms with Gasteiger partial charge in [-0.2, -0.15) is 22.0 Å². The molecule has 0 bridgehead atoms. The van der Waals surface area contributed by atoms with E-state index in [0.29, 0.717) is 0 Å². The molecule has 0 fully saturated rings. The van der Waals surface area contributed by atoms with Gasteiger partial charge in [-0.05, 0) is 24.6 Å². The number of ether oxygens (including phenoxy) is 2. The molecule has 0 aromatic heterocycles. The largest absolute Gasteiger partial charge is 0.491 e. The number of alkyl halides is 5. The van der Waals surface area contributed by atoms with Gasteiger partial charge in [0, 0.05) is 6.92 Å². The molecule has 0 spiro atoms. The van der Waals surface area contributed by atoms with Gasteiger partial charge in [-0.3, -0.25) is 4.79 Å². The lowest BCUT2D eigenvalue weighted by Gasteiger charge is -2.28. The first-order valence-corrected chi connectivity index (χ1v) is 10.7. The molecule has 2 aromatic rings. The van der Waals surface area contributed by atoms with Crippen LogP contribution in [0.5, 0.6) is 0 Å². The van der Waals surface area contributed by atoms with Crippen molar-refractivity contribution in [2.45, 2.75) is 36.9 Å². The van der Waals surface area contributed by atoms with Crippen molar-refractivity contribution < 1.29 is 44.6 Å². The third-order valence-electron chi connectivity index (χ3n) is 4.12. The summed E-state index contributed by atoms with van der Waals surface area (Å²) < 4.78 is 106. The highest BCUT2D eigenvalue weighted by Gasteiger charge is 2.64. The predicted molar refractivity (Wildman–Crippen MR) is 104 cm³/mol. The Labute approximate surface area is 181 Å². The van der Waals surface area contributed by atoms with Crippen molar-refractivity contribution in [2.24, 2.45) is 0 Å². The SMILES string of the molecule is CCO/C(=C(\C(OC(C)=O)c1ccccc1)S(=O)(=O)c1ccccc1)C(F)(F)C(F)(F)F. The summed E-state index contributed by atoms with van der Waals surface area (Å²) in [5.41, 5.74) is -0.146. The summed E-state index contributed by atoms with van der Waals surface area (Å²) in [5.74, 6) is -8.97. The van der Waals surface area contributed by atoms with Gasteiger partial charge < -0.3 is 9.47 Å². The standard InChI is InChI=1S/C21H19F5O5S/c1-3-30-19(20(22,23)21(24,25)26)18(32(28,29)16-12-8-5-9-13-16)17(31-14(2)27)15-10-6-4-7-11-15/h4-13,17H,3H2,1-2H3/b19-18+. The number of esters is 1. The Bertz CT molecular complexity index is 1060. The fourth-order valence-electron chi connectivity index (χ4n) is 2.76. The Hall–Kier alpha value is -2.95. The van der Waals surface area contributed by atoms with Crippen molar-refractivity contribution in [3.05, 3.63) is 76.9 Å². The van der Waals surface area contributed by atoms with Crippen LogP contribution in [0.4, 0.5) is 22.0 Å². The van der Waals surface area contributed by atoms with Gasteiger partial charge in [-0.1, -0.05) is 48.5 Å². The maximum atomic E-state index is 14.6. The molecule has 1 unspecified atom stereocenters. The van der Waals surface area contributed by atoms with Crippen LogP contribution >= 0.6 is 0 Å². The molecule has 2 rings (SSSR count). The molecule has 1 atom stereocenters. The smallest absolute Gasteiger partial charge is 0.461 e. The Morgan fingerprint density at radius 1 is 0.938 bits per heavy atom. The van der Waals surface area contributed by atoms with Gasteiger partial charge in [-0.25, -0.2) is 8.42 Å². The topological polar surface area (TPSA) is 69.7 Å². The second-order valence-electron chi connectivity index (χ2n) is 6.42. The predicted octanol–water partition coefficient (Wildman–Crippen LogP) is 5.21. The second-order valence-corrected chi connectivity index (χ2v) is 8.33. The maximum absolute atomic E-state index is 14.6. The lowest BCUT2D eigenvalue weighted by Crippen LogP contribution is -2.41. The Morgan fingerprint density at radius 3 is 1.88 bits per heavy atom. The number of sulfone groups is 1. The second kappa shape index (κ2) is 9.68. The van der Waals surface area contributed by atoms with Crippen LogP contribution < -0.4 is 0 Å². The van der Waals surface area contributed by atoms with Crippen LogP contribution in [0, 0.1) is 0 Å². The third-order valence-corrected chi connectivity index (χ3v) is 5.99. The number of carbonyl (C=O) groups is 1. The van der Waals surface area contributed by atoms with Gasteiger partial charge in [0.15, 0.2) is 11.9 Å². The van der Waals surface area contributed by atoms with Crippen molar-refractivity contribution in [3.8, 4) is 0 Å². The highest BCUT2D eigenvalue weighted by Crippen LogP contribution is 2.47. The van der Waals surface area contributed by atoms with E-state index < -0.39 is 56.2 Å². The number of hydrogen-bond acceptors (Lipinski definition) is 5. The van der Waals surface area contributed by atoms with E-state index in [0.717, 1.165) is 26.0 Å². The van der Waals surface area contributed by atoms with Crippen LogP contribution in [-0.2, 0) is 24.1 Å². The van der Waals surface area contributed by atoms with E-state index >= 15 is 0 Å². The monoisotopic (exact) mass is 478 g/mol. The molecule has 0 heterocycles. The first kappa shape index (κ1) is 25.3. The Morgan fingerprint density at radius 2 is 1.44 bits per heavy atom. The average Bonchev–Trinajstić information content (AvgIpc) is 2.72. The molecule has 0 N–H and O–H groups in total. The molecule has 0 saturated carbocycles. The number of allylic oxidation sites excluding steroid dienone is 1. The summed E-state index contributed by atoms with van der Waals surface area (Å²) in [4.78, 5) is 9.63. The number of benzene rings is 2. The van der Waals surface area contributed by atoms with Crippen LogP contribution in [0.15, 0.2) is 76.2 Å². The summed E-state index contributed by atoms with van der Waals surface area (Å²) in [6.07, 6.45) is -8.32. The number of carbonyl (C=O) groups excluding carboxylic acids is 1. The summed E-state index contributed by atoms with van der Waals surface area (Å²) in [7, 11) is -5.06. The van der Waals surface area contributed by atoms with Gasteiger partial charge in [0.1, 0.15) is 4.91 Å². The quantitative estimate of drug-likeness (QED) is 0.296. The molecule has 5 nitrogen and oxygen atoms in total. The number of rotatable bonds is 8. The number of hydrogen-bond donors (Lipinski definition) is 0. The van der Waals surface area contributed by atoms with E-state index in [2.05, 4.69) is 4.74 Å². The zero-order valence-corrected chi connectivity index (χ0v) is 17.7. The molecule has 0 aliphatic heterocycles. The minimum Gasteiger partial charge on any atom is -0.491 e. The van der Waals surface area contributed by atoms with Crippen molar-refractivity contribution in [2.75, 3.05) is 6.61 Å². The fourth-order valence-corrected chi connectivity index (χ4v) is 4.43. The average molecular weight is 478 g/mol.